The first-order valence-corrected chi connectivity index (χ1v) is 12.8. The first-order chi connectivity index (χ1) is 17.7. The van der Waals surface area contributed by atoms with Gasteiger partial charge in [-0.2, -0.15) is 0 Å². The quantitative estimate of drug-likeness (QED) is 0.324. The first kappa shape index (κ1) is 22.8. The van der Waals surface area contributed by atoms with E-state index in [0.29, 0.717) is 13.1 Å². The van der Waals surface area contributed by atoms with Crippen LogP contribution in [-0.4, -0.2) is 41.9 Å². The highest BCUT2D eigenvalue weighted by Gasteiger charge is 2.37. The molecule has 0 aromatic heterocycles. The Morgan fingerprint density at radius 2 is 1.22 bits per heavy atom. The van der Waals surface area contributed by atoms with Gasteiger partial charge in [-0.3, -0.25) is 9.69 Å². The Hall–Kier alpha value is -3.60. The number of halogens is 1. The van der Waals surface area contributed by atoms with E-state index in [1.54, 1.807) is 0 Å². The summed E-state index contributed by atoms with van der Waals surface area (Å²) in [6.07, 6.45) is 0. The van der Waals surface area contributed by atoms with Crippen molar-refractivity contribution >= 4 is 17.5 Å². The predicted octanol–water partition coefficient (Wildman–Crippen LogP) is 6.51. The minimum atomic E-state index is -0.348. The molecular weight excluding hydrogens is 468 g/mol. The summed E-state index contributed by atoms with van der Waals surface area (Å²) in [5, 5.41) is 0.734. The lowest BCUT2D eigenvalue weighted by Crippen LogP contribution is -2.51. The Kier molecular flexibility index (Phi) is 6.22. The highest BCUT2D eigenvalue weighted by molar-refractivity contribution is 6.30. The Morgan fingerprint density at radius 1 is 0.694 bits per heavy atom. The number of carbonyl (C=O) groups is 1. The molecule has 0 unspecified atom stereocenters. The van der Waals surface area contributed by atoms with Crippen LogP contribution >= 0.6 is 11.6 Å². The Balaban J connectivity index is 1.25. The van der Waals surface area contributed by atoms with Crippen LogP contribution in [0.3, 0.4) is 0 Å². The van der Waals surface area contributed by atoms with Gasteiger partial charge >= 0.3 is 0 Å². The number of amides is 1. The second kappa shape index (κ2) is 9.81. The molecule has 2 aliphatic heterocycles. The van der Waals surface area contributed by atoms with Crippen molar-refractivity contribution in [3.05, 3.63) is 130 Å². The second-order valence-corrected chi connectivity index (χ2v) is 9.77. The highest BCUT2D eigenvalue weighted by atomic mass is 35.5. The molecule has 6 rings (SSSR count). The molecule has 180 valence electrons. The number of ether oxygens (including phenoxy) is 1. The number of hydrogen-bond acceptors (Lipinski definition) is 3. The van der Waals surface area contributed by atoms with E-state index >= 15 is 0 Å². The fraction of sp³-hybridized carbons (Fsp3) is 0.194. The zero-order valence-electron chi connectivity index (χ0n) is 19.9. The molecule has 36 heavy (non-hydrogen) atoms. The van der Waals surface area contributed by atoms with Crippen LogP contribution in [0.5, 0.6) is 11.5 Å². The summed E-state index contributed by atoms with van der Waals surface area (Å²) in [6.45, 7) is 2.94. The maximum Gasteiger partial charge on any atom is 0.234 e. The average molecular weight is 495 g/mol. The van der Waals surface area contributed by atoms with Crippen molar-refractivity contribution in [3.8, 4) is 11.5 Å². The molecule has 5 heteroatoms. The van der Waals surface area contributed by atoms with Crippen molar-refractivity contribution in [2.24, 2.45) is 0 Å². The van der Waals surface area contributed by atoms with Crippen molar-refractivity contribution in [2.45, 2.75) is 12.0 Å². The van der Waals surface area contributed by atoms with Crippen molar-refractivity contribution in [1.29, 1.82) is 0 Å². The van der Waals surface area contributed by atoms with Gasteiger partial charge in [0.1, 0.15) is 11.5 Å². The van der Waals surface area contributed by atoms with Crippen LogP contribution in [0.4, 0.5) is 0 Å². The molecule has 4 aromatic carbocycles. The molecule has 0 saturated carbocycles. The molecule has 0 spiro atoms. The Labute approximate surface area is 216 Å². The average Bonchev–Trinajstić information content (AvgIpc) is 2.93. The molecule has 0 bridgehead atoms. The van der Waals surface area contributed by atoms with Crippen LogP contribution in [0, 0.1) is 0 Å². The van der Waals surface area contributed by atoms with Crippen LogP contribution in [0.1, 0.15) is 34.2 Å². The zero-order valence-corrected chi connectivity index (χ0v) is 20.6. The molecule has 0 N–H and O–H groups in total. The Bertz CT molecular complexity index is 1320. The van der Waals surface area contributed by atoms with Crippen molar-refractivity contribution < 1.29 is 9.53 Å². The molecule has 1 amide bonds. The van der Waals surface area contributed by atoms with E-state index in [1.807, 2.05) is 71.6 Å². The summed E-state index contributed by atoms with van der Waals surface area (Å²) in [5.41, 5.74) is 4.32. The lowest BCUT2D eigenvalue weighted by atomic mass is 9.86. The molecule has 1 saturated heterocycles. The van der Waals surface area contributed by atoms with Gasteiger partial charge in [0.2, 0.25) is 5.91 Å². The zero-order chi connectivity index (χ0) is 24.5. The topological polar surface area (TPSA) is 32.8 Å². The van der Waals surface area contributed by atoms with Crippen LogP contribution in [0.25, 0.3) is 0 Å². The lowest BCUT2D eigenvalue weighted by molar-refractivity contribution is -0.134. The minimum absolute atomic E-state index is 0.116. The van der Waals surface area contributed by atoms with Gasteiger partial charge in [0.15, 0.2) is 0 Å². The van der Waals surface area contributed by atoms with Crippen LogP contribution in [0.2, 0.25) is 5.02 Å². The van der Waals surface area contributed by atoms with Crippen LogP contribution in [-0.2, 0) is 4.79 Å². The van der Waals surface area contributed by atoms with E-state index in [-0.39, 0.29) is 17.9 Å². The molecule has 2 heterocycles. The summed E-state index contributed by atoms with van der Waals surface area (Å²) in [6, 6.07) is 34.5. The van der Waals surface area contributed by atoms with E-state index in [0.717, 1.165) is 40.7 Å². The molecule has 2 aliphatic rings. The predicted molar refractivity (Wildman–Crippen MR) is 143 cm³/mol. The Morgan fingerprint density at radius 3 is 1.83 bits per heavy atom. The number of para-hydroxylation sites is 2. The summed E-state index contributed by atoms with van der Waals surface area (Å²) in [5.74, 6) is 1.32. The number of carbonyl (C=O) groups excluding carboxylic acids is 1. The summed E-state index contributed by atoms with van der Waals surface area (Å²) >= 11 is 6.18. The van der Waals surface area contributed by atoms with Gasteiger partial charge in [-0.1, -0.05) is 90.5 Å². The van der Waals surface area contributed by atoms with Gasteiger partial charge in [-0.15, -0.1) is 0 Å². The van der Waals surface area contributed by atoms with Gasteiger partial charge in [0, 0.05) is 42.3 Å². The number of piperazine rings is 1. The largest absolute Gasteiger partial charge is 0.457 e. The van der Waals surface area contributed by atoms with Gasteiger partial charge in [0.05, 0.1) is 12.0 Å². The number of rotatable bonds is 4. The van der Waals surface area contributed by atoms with E-state index in [4.69, 9.17) is 16.3 Å². The van der Waals surface area contributed by atoms with Crippen LogP contribution < -0.4 is 4.74 Å². The third-order valence-electron chi connectivity index (χ3n) is 7.22. The lowest BCUT2D eigenvalue weighted by Gasteiger charge is -2.41. The van der Waals surface area contributed by atoms with E-state index in [2.05, 4.69) is 41.3 Å². The smallest absolute Gasteiger partial charge is 0.234 e. The highest BCUT2D eigenvalue weighted by Crippen LogP contribution is 2.45. The van der Waals surface area contributed by atoms with Gasteiger partial charge < -0.3 is 9.64 Å². The number of benzene rings is 4. The first-order valence-electron chi connectivity index (χ1n) is 12.4. The molecule has 0 aliphatic carbocycles. The number of fused-ring (bicyclic) bond motifs is 2. The fourth-order valence-corrected chi connectivity index (χ4v) is 5.58. The van der Waals surface area contributed by atoms with E-state index < -0.39 is 0 Å². The fourth-order valence-electron chi connectivity index (χ4n) is 5.45. The van der Waals surface area contributed by atoms with Crippen LogP contribution in [0.15, 0.2) is 103 Å². The van der Waals surface area contributed by atoms with E-state index in [1.165, 1.54) is 11.1 Å². The van der Waals surface area contributed by atoms with Crippen molar-refractivity contribution in [3.63, 3.8) is 0 Å². The van der Waals surface area contributed by atoms with Gasteiger partial charge in [0.25, 0.3) is 0 Å². The molecule has 0 radical (unpaired) electrons. The summed E-state index contributed by atoms with van der Waals surface area (Å²) < 4.78 is 6.11. The summed E-state index contributed by atoms with van der Waals surface area (Å²) in [7, 11) is 0. The maximum atomic E-state index is 14.0. The normalized spacial score (nSPS) is 16.5. The molecule has 4 nitrogen and oxygen atoms in total. The number of nitrogens with zero attached hydrogens (tertiary/aromatic N) is 2. The molecule has 1 atom stereocenters. The van der Waals surface area contributed by atoms with E-state index in [9.17, 15) is 4.79 Å². The van der Waals surface area contributed by atoms with Crippen molar-refractivity contribution in [2.75, 3.05) is 26.2 Å². The second-order valence-electron chi connectivity index (χ2n) is 9.34. The molecule has 1 fully saturated rings. The maximum absolute atomic E-state index is 14.0. The van der Waals surface area contributed by atoms with Gasteiger partial charge in [-0.05, 0) is 35.4 Å². The van der Waals surface area contributed by atoms with Crippen molar-refractivity contribution in [1.82, 2.24) is 9.80 Å². The number of hydrogen-bond donors (Lipinski definition) is 0. The standard InChI is InChI=1S/C31H27ClN2O2/c32-24-16-14-23(15-17-24)30(22-8-2-1-3-9-22)33-18-20-34(21-19-33)31(35)29-25-10-4-6-12-27(25)36-28-13-7-5-11-26(28)29/h1-17,29-30H,18-21H2/t30-/m1/s1. The minimum Gasteiger partial charge on any atom is -0.457 e. The molecular formula is C31H27ClN2O2. The molecule has 4 aromatic rings. The SMILES string of the molecule is O=C(C1c2ccccc2Oc2ccccc21)N1CCN([C@H](c2ccccc2)c2ccc(Cl)cc2)CC1. The third kappa shape index (κ3) is 4.27. The van der Waals surface area contributed by atoms with Gasteiger partial charge in [-0.25, -0.2) is 0 Å². The third-order valence-corrected chi connectivity index (χ3v) is 7.47. The monoisotopic (exact) mass is 494 g/mol. The summed E-state index contributed by atoms with van der Waals surface area (Å²) in [4.78, 5) is 18.5.